The molecule has 0 spiro atoms. The van der Waals surface area contributed by atoms with E-state index in [-0.39, 0.29) is 0 Å². The first-order valence-electron chi connectivity index (χ1n) is 8.40. The van der Waals surface area contributed by atoms with Crippen LogP contribution < -0.4 is 9.80 Å². The summed E-state index contributed by atoms with van der Waals surface area (Å²) in [7, 11) is 2.02. The normalized spacial score (nSPS) is 15.0. The summed E-state index contributed by atoms with van der Waals surface area (Å²) < 4.78 is 1.45. The number of aromatic nitrogens is 5. The second kappa shape index (κ2) is 6.43. The highest BCUT2D eigenvalue weighted by Gasteiger charge is 2.11. The maximum atomic E-state index is 4.42. The first-order valence-corrected chi connectivity index (χ1v) is 8.40. The first-order chi connectivity index (χ1) is 11.8. The molecule has 3 heterocycles. The molecule has 0 atom stereocenters. The molecule has 1 saturated heterocycles. The van der Waals surface area contributed by atoms with Gasteiger partial charge in [-0.3, -0.25) is 0 Å². The molecule has 7 nitrogen and oxygen atoms in total. The number of piperidine rings is 1. The van der Waals surface area contributed by atoms with Crippen molar-refractivity contribution in [2.75, 3.05) is 29.9 Å². The molecule has 1 fully saturated rings. The third-order valence-corrected chi connectivity index (χ3v) is 4.52. The van der Waals surface area contributed by atoms with Gasteiger partial charge in [0.25, 0.3) is 0 Å². The Kier molecular flexibility index (Phi) is 3.98. The van der Waals surface area contributed by atoms with Gasteiger partial charge >= 0.3 is 0 Å². The molecule has 0 saturated carbocycles. The van der Waals surface area contributed by atoms with E-state index in [9.17, 15) is 0 Å². The lowest BCUT2D eigenvalue weighted by atomic mass is 10.1. The number of hydrogen-bond donors (Lipinski definition) is 0. The van der Waals surface area contributed by atoms with Gasteiger partial charge in [0.15, 0.2) is 11.5 Å². The summed E-state index contributed by atoms with van der Waals surface area (Å²) in [5.41, 5.74) is 3.24. The van der Waals surface area contributed by atoms with Gasteiger partial charge in [0.2, 0.25) is 0 Å². The molecule has 0 unspecified atom stereocenters. The smallest absolute Gasteiger partial charge is 0.200 e. The molecule has 7 heteroatoms. The quantitative estimate of drug-likeness (QED) is 0.733. The van der Waals surface area contributed by atoms with Gasteiger partial charge in [-0.05, 0) is 59.5 Å². The predicted octanol–water partition coefficient (Wildman–Crippen LogP) is 2.15. The lowest BCUT2D eigenvalue weighted by Crippen LogP contribution is -2.29. The Morgan fingerprint density at radius 2 is 1.79 bits per heavy atom. The average Bonchev–Trinajstić information content (AvgIpc) is 3.11. The molecule has 0 aliphatic carbocycles. The van der Waals surface area contributed by atoms with Crippen LogP contribution in [0, 0.1) is 0 Å². The van der Waals surface area contributed by atoms with Gasteiger partial charge in [-0.2, -0.15) is 0 Å². The topological polar surface area (TPSA) is 62.5 Å². The van der Waals surface area contributed by atoms with Crippen molar-refractivity contribution in [2.45, 2.75) is 25.8 Å². The zero-order valence-electron chi connectivity index (χ0n) is 13.8. The largest absolute Gasteiger partial charge is 0.372 e. The molecule has 3 aromatic rings. The number of anilines is 2. The average molecular weight is 323 g/mol. The Morgan fingerprint density at radius 3 is 2.58 bits per heavy atom. The number of rotatable bonds is 4. The predicted molar refractivity (Wildman–Crippen MR) is 93.2 cm³/mol. The maximum absolute atomic E-state index is 4.42. The Hall–Kier alpha value is -2.70. The van der Waals surface area contributed by atoms with Gasteiger partial charge in [-0.1, -0.05) is 12.1 Å². The highest BCUT2D eigenvalue weighted by Crippen LogP contribution is 2.21. The lowest BCUT2D eigenvalue weighted by Gasteiger charge is -2.29. The van der Waals surface area contributed by atoms with Gasteiger partial charge in [0, 0.05) is 32.4 Å². The summed E-state index contributed by atoms with van der Waals surface area (Å²) >= 11 is 0. The van der Waals surface area contributed by atoms with E-state index >= 15 is 0 Å². The number of hydrogen-bond acceptors (Lipinski definition) is 6. The fourth-order valence-corrected chi connectivity index (χ4v) is 3.16. The molecule has 1 aliphatic rings. The number of nitrogens with zero attached hydrogens (tertiary/aromatic N) is 7. The van der Waals surface area contributed by atoms with Crippen molar-refractivity contribution in [3.8, 4) is 0 Å². The number of tetrazole rings is 1. The zero-order valence-corrected chi connectivity index (χ0v) is 13.8. The van der Waals surface area contributed by atoms with Gasteiger partial charge in [0.05, 0.1) is 0 Å². The van der Waals surface area contributed by atoms with Crippen LogP contribution in [-0.2, 0) is 6.54 Å². The summed E-state index contributed by atoms with van der Waals surface area (Å²) in [6, 6.07) is 12.7. The summed E-state index contributed by atoms with van der Waals surface area (Å²) in [6.45, 7) is 3.14. The molecule has 0 radical (unpaired) electrons. The van der Waals surface area contributed by atoms with Crippen molar-refractivity contribution in [2.24, 2.45) is 0 Å². The molecule has 0 bridgehead atoms. The van der Waals surface area contributed by atoms with E-state index in [2.05, 4.69) is 54.7 Å². The molecule has 1 aromatic carbocycles. The van der Waals surface area contributed by atoms with Crippen molar-refractivity contribution < 1.29 is 0 Å². The minimum absolute atomic E-state index is 0.651. The van der Waals surface area contributed by atoms with Crippen LogP contribution in [0.2, 0.25) is 0 Å². The fourth-order valence-electron chi connectivity index (χ4n) is 3.16. The SMILES string of the molecule is CN(Cc1ccc(N2CCCCC2)cc1)c1ccc2nnnn2n1. The van der Waals surface area contributed by atoms with Gasteiger partial charge in [-0.25, -0.2) is 0 Å². The Balaban J connectivity index is 1.45. The van der Waals surface area contributed by atoms with Gasteiger partial charge in [0.1, 0.15) is 0 Å². The summed E-state index contributed by atoms with van der Waals surface area (Å²) in [6.07, 6.45) is 3.96. The van der Waals surface area contributed by atoms with E-state index in [1.165, 1.54) is 48.2 Å². The highest BCUT2D eigenvalue weighted by atomic mass is 15.6. The third kappa shape index (κ3) is 3.02. The van der Waals surface area contributed by atoms with E-state index in [0.717, 1.165) is 12.4 Å². The molecular weight excluding hydrogens is 302 g/mol. The summed E-state index contributed by atoms with van der Waals surface area (Å²) in [5.74, 6) is 0.843. The first kappa shape index (κ1) is 14.9. The van der Waals surface area contributed by atoms with E-state index in [0.29, 0.717) is 5.65 Å². The molecule has 0 amide bonds. The van der Waals surface area contributed by atoms with Crippen LogP contribution in [0.4, 0.5) is 11.5 Å². The van der Waals surface area contributed by atoms with Crippen LogP contribution in [-0.4, -0.2) is 45.4 Å². The minimum atomic E-state index is 0.651. The third-order valence-electron chi connectivity index (χ3n) is 4.52. The van der Waals surface area contributed by atoms with Crippen LogP contribution in [0.3, 0.4) is 0 Å². The minimum Gasteiger partial charge on any atom is -0.372 e. The fraction of sp³-hybridized carbons (Fsp3) is 0.412. The van der Waals surface area contributed by atoms with Crippen molar-refractivity contribution in [1.29, 1.82) is 0 Å². The van der Waals surface area contributed by atoms with Crippen molar-refractivity contribution in [3.05, 3.63) is 42.0 Å². The Morgan fingerprint density at radius 1 is 1.00 bits per heavy atom. The molecule has 2 aromatic heterocycles. The summed E-state index contributed by atoms with van der Waals surface area (Å²) in [4.78, 5) is 4.57. The Bertz CT molecular complexity index is 805. The van der Waals surface area contributed by atoms with E-state index in [4.69, 9.17) is 0 Å². The standard InChI is InChI=1S/C17H21N7/c1-22(17-10-9-16-18-20-21-24(16)19-17)13-14-5-7-15(8-6-14)23-11-3-2-4-12-23/h5-10H,2-4,11-13H2,1H3. The van der Waals surface area contributed by atoms with E-state index < -0.39 is 0 Å². The van der Waals surface area contributed by atoms with Crippen molar-refractivity contribution >= 4 is 17.2 Å². The van der Waals surface area contributed by atoms with E-state index in [1.54, 1.807) is 0 Å². The molecule has 24 heavy (non-hydrogen) atoms. The van der Waals surface area contributed by atoms with Gasteiger partial charge in [-0.15, -0.1) is 14.8 Å². The van der Waals surface area contributed by atoms with Gasteiger partial charge < -0.3 is 9.80 Å². The number of fused-ring (bicyclic) bond motifs is 1. The highest BCUT2D eigenvalue weighted by molar-refractivity contribution is 5.49. The van der Waals surface area contributed by atoms with Crippen molar-refractivity contribution in [3.63, 3.8) is 0 Å². The van der Waals surface area contributed by atoms with Crippen LogP contribution >= 0.6 is 0 Å². The number of benzene rings is 1. The molecule has 1 aliphatic heterocycles. The maximum Gasteiger partial charge on any atom is 0.200 e. The molecule has 124 valence electrons. The molecule has 4 rings (SSSR count). The summed E-state index contributed by atoms with van der Waals surface area (Å²) in [5, 5.41) is 15.8. The lowest BCUT2D eigenvalue weighted by molar-refractivity contribution is 0.578. The van der Waals surface area contributed by atoms with Crippen LogP contribution in [0.5, 0.6) is 0 Å². The molecular formula is C17H21N7. The van der Waals surface area contributed by atoms with Crippen LogP contribution in [0.15, 0.2) is 36.4 Å². The second-order valence-corrected chi connectivity index (χ2v) is 6.29. The van der Waals surface area contributed by atoms with Crippen LogP contribution in [0.1, 0.15) is 24.8 Å². The second-order valence-electron chi connectivity index (χ2n) is 6.29. The van der Waals surface area contributed by atoms with E-state index in [1.807, 2.05) is 19.2 Å². The van der Waals surface area contributed by atoms with Crippen molar-refractivity contribution in [1.82, 2.24) is 25.3 Å². The monoisotopic (exact) mass is 323 g/mol. The molecule has 0 N–H and O–H groups in total. The zero-order chi connectivity index (χ0) is 16.4. The Labute approximate surface area is 140 Å². The van der Waals surface area contributed by atoms with Crippen LogP contribution in [0.25, 0.3) is 5.65 Å².